The third-order valence-corrected chi connectivity index (χ3v) is 7.01. The predicted octanol–water partition coefficient (Wildman–Crippen LogP) is 3.22. The van der Waals surface area contributed by atoms with Gasteiger partial charge in [0.2, 0.25) is 10.0 Å². The summed E-state index contributed by atoms with van der Waals surface area (Å²) >= 11 is 0. The molecular weight excluding hydrogens is 378 g/mol. The number of benzene rings is 2. The molecule has 2 aromatic carbocycles. The van der Waals surface area contributed by atoms with Gasteiger partial charge >= 0.3 is 0 Å². The number of hydrogen-bond acceptors (Lipinski definition) is 5. The van der Waals surface area contributed by atoms with E-state index >= 15 is 0 Å². The smallest absolute Gasteiger partial charge is 0.289 e. The molecule has 0 spiro atoms. The fourth-order valence-corrected chi connectivity index (χ4v) is 4.94. The Bertz CT molecular complexity index is 934. The summed E-state index contributed by atoms with van der Waals surface area (Å²) in [6, 6.07) is 14.0. The van der Waals surface area contributed by atoms with E-state index < -0.39 is 14.9 Å². The summed E-state index contributed by atoms with van der Waals surface area (Å²) in [6.07, 6.45) is 0. The molecule has 0 atom stereocenters. The van der Waals surface area contributed by atoms with Crippen LogP contribution in [0.5, 0.6) is 0 Å². The number of sulfonamides is 1. The predicted molar refractivity (Wildman–Crippen MR) is 108 cm³/mol. The maximum atomic E-state index is 12.9. The second-order valence-corrected chi connectivity index (χ2v) is 9.21. The van der Waals surface area contributed by atoms with Crippen molar-refractivity contribution >= 4 is 15.7 Å². The lowest BCUT2D eigenvalue weighted by molar-refractivity contribution is -0.387. The van der Waals surface area contributed by atoms with E-state index in [9.17, 15) is 18.5 Å². The van der Waals surface area contributed by atoms with Crippen LogP contribution < -0.4 is 0 Å². The van der Waals surface area contributed by atoms with Gasteiger partial charge in [0.1, 0.15) is 0 Å². The highest BCUT2D eigenvalue weighted by molar-refractivity contribution is 7.89. The lowest BCUT2D eigenvalue weighted by Gasteiger charge is -2.33. The summed E-state index contributed by atoms with van der Waals surface area (Å²) in [7, 11) is -3.88. The molecule has 0 radical (unpaired) electrons. The summed E-state index contributed by atoms with van der Waals surface area (Å²) in [4.78, 5) is 12.5. The fraction of sp³-hybridized carbons (Fsp3) is 0.400. The lowest BCUT2D eigenvalue weighted by Crippen LogP contribution is -2.48. The molecule has 0 bridgehead atoms. The van der Waals surface area contributed by atoms with Crippen LogP contribution in [0.1, 0.15) is 30.9 Å². The third kappa shape index (κ3) is 4.40. The number of piperazine rings is 1. The van der Waals surface area contributed by atoms with Gasteiger partial charge in [-0.25, -0.2) is 8.42 Å². The van der Waals surface area contributed by atoms with Crippen LogP contribution in [0, 0.1) is 10.1 Å². The van der Waals surface area contributed by atoms with Crippen molar-refractivity contribution in [2.45, 2.75) is 31.2 Å². The van der Waals surface area contributed by atoms with Gasteiger partial charge in [0.15, 0.2) is 4.90 Å². The zero-order valence-electron chi connectivity index (χ0n) is 16.1. The maximum absolute atomic E-state index is 12.9. The van der Waals surface area contributed by atoms with Crippen LogP contribution >= 0.6 is 0 Å². The fourth-order valence-electron chi connectivity index (χ4n) is 3.36. The molecule has 2 aromatic rings. The van der Waals surface area contributed by atoms with Crippen LogP contribution in [-0.2, 0) is 16.6 Å². The molecule has 1 saturated heterocycles. The highest BCUT2D eigenvalue weighted by Crippen LogP contribution is 2.27. The van der Waals surface area contributed by atoms with Crippen LogP contribution in [0.15, 0.2) is 53.4 Å². The molecule has 0 amide bonds. The first-order chi connectivity index (χ1) is 13.3. The van der Waals surface area contributed by atoms with E-state index in [4.69, 9.17) is 0 Å². The van der Waals surface area contributed by atoms with E-state index in [0.29, 0.717) is 32.1 Å². The summed E-state index contributed by atoms with van der Waals surface area (Å²) in [5, 5.41) is 11.2. The van der Waals surface area contributed by atoms with Gasteiger partial charge in [-0.05, 0) is 23.1 Å². The third-order valence-electron chi connectivity index (χ3n) is 5.06. The standard InChI is InChI=1S/C20H25N3O4S/c1-16(2)18-9-7-17(8-10-18)15-21-11-13-22(14-12-21)28(26,27)20-6-4-3-5-19(20)23(24)25/h3-10,16H,11-15H2,1-2H3. The van der Waals surface area contributed by atoms with Crippen molar-refractivity contribution in [1.29, 1.82) is 0 Å². The Morgan fingerprint density at radius 3 is 2.18 bits per heavy atom. The molecular formula is C20H25N3O4S. The van der Waals surface area contributed by atoms with E-state index in [0.717, 1.165) is 6.54 Å². The monoisotopic (exact) mass is 403 g/mol. The van der Waals surface area contributed by atoms with Gasteiger partial charge in [0.25, 0.3) is 5.69 Å². The Kier molecular flexibility index (Phi) is 6.12. The van der Waals surface area contributed by atoms with Crippen LogP contribution in [-0.4, -0.2) is 48.7 Å². The Hall–Kier alpha value is -2.29. The van der Waals surface area contributed by atoms with E-state index in [1.165, 1.54) is 39.7 Å². The van der Waals surface area contributed by atoms with Gasteiger partial charge in [0, 0.05) is 38.8 Å². The van der Waals surface area contributed by atoms with E-state index in [1.807, 2.05) is 0 Å². The SMILES string of the molecule is CC(C)c1ccc(CN2CCN(S(=O)(=O)c3ccccc3[N+](=O)[O-])CC2)cc1. The molecule has 1 aliphatic rings. The van der Waals surface area contributed by atoms with Crippen molar-refractivity contribution < 1.29 is 13.3 Å². The topological polar surface area (TPSA) is 83.8 Å². The van der Waals surface area contributed by atoms with Crippen molar-refractivity contribution in [3.05, 3.63) is 69.8 Å². The minimum atomic E-state index is -3.88. The summed E-state index contributed by atoms with van der Waals surface area (Å²) in [5.41, 5.74) is 2.11. The second kappa shape index (κ2) is 8.38. The van der Waals surface area contributed by atoms with Gasteiger partial charge in [0.05, 0.1) is 4.92 Å². The van der Waals surface area contributed by atoms with Crippen LogP contribution in [0.25, 0.3) is 0 Å². The van der Waals surface area contributed by atoms with Gasteiger partial charge < -0.3 is 0 Å². The molecule has 1 aliphatic heterocycles. The number of hydrogen-bond donors (Lipinski definition) is 0. The summed E-state index contributed by atoms with van der Waals surface area (Å²) in [5.74, 6) is 0.491. The second-order valence-electron chi connectivity index (χ2n) is 7.30. The average Bonchev–Trinajstić information content (AvgIpc) is 2.69. The number of para-hydroxylation sites is 1. The van der Waals surface area contributed by atoms with E-state index in [-0.39, 0.29) is 10.6 Å². The summed E-state index contributed by atoms with van der Waals surface area (Å²) < 4.78 is 27.1. The van der Waals surface area contributed by atoms with Crippen molar-refractivity contribution in [1.82, 2.24) is 9.21 Å². The molecule has 28 heavy (non-hydrogen) atoms. The molecule has 0 aromatic heterocycles. The zero-order chi connectivity index (χ0) is 20.3. The Morgan fingerprint density at radius 1 is 1.00 bits per heavy atom. The molecule has 8 heteroatoms. The molecule has 0 unspecified atom stereocenters. The molecule has 7 nitrogen and oxygen atoms in total. The molecule has 3 rings (SSSR count). The zero-order valence-corrected chi connectivity index (χ0v) is 16.9. The van der Waals surface area contributed by atoms with Crippen molar-refractivity contribution in [3.8, 4) is 0 Å². The van der Waals surface area contributed by atoms with Gasteiger partial charge in [-0.15, -0.1) is 0 Å². The van der Waals surface area contributed by atoms with Gasteiger partial charge in [-0.2, -0.15) is 4.31 Å². The quantitative estimate of drug-likeness (QED) is 0.546. The number of nitro groups is 1. The van der Waals surface area contributed by atoms with Crippen molar-refractivity contribution in [3.63, 3.8) is 0 Å². The first kappa shape index (κ1) is 20.4. The molecule has 1 heterocycles. The normalized spacial score (nSPS) is 16.4. The van der Waals surface area contributed by atoms with Gasteiger partial charge in [-0.1, -0.05) is 50.2 Å². The van der Waals surface area contributed by atoms with Gasteiger partial charge in [-0.3, -0.25) is 15.0 Å². The van der Waals surface area contributed by atoms with Crippen LogP contribution in [0.3, 0.4) is 0 Å². The minimum Gasteiger partial charge on any atom is -0.296 e. The average molecular weight is 404 g/mol. The van der Waals surface area contributed by atoms with Crippen LogP contribution in [0.2, 0.25) is 0 Å². The minimum absolute atomic E-state index is 0.238. The molecule has 1 fully saturated rings. The molecule has 0 saturated carbocycles. The Morgan fingerprint density at radius 2 is 1.61 bits per heavy atom. The summed E-state index contributed by atoms with van der Waals surface area (Å²) in [6.45, 7) is 6.89. The number of rotatable bonds is 6. The molecule has 0 aliphatic carbocycles. The Balaban J connectivity index is 1.66. The highest BCUT2D eigenvalue weighted by atomic mass is 32.2. The van der Waals surface area contributed by atoms with E-state index in [2.05, 4.69) is 43.0 Å². The molecule has 150 valence electrons. The largest absolute Gasteiger partial charge is 0.296 e. The maximum Gasteiger partial charge on any atom is 0.289 e. The number of nitro benzene ring substituents is 1. The first-order valence-electron chi connectivity index (χ1n) is 9.34. The van der Waals surface area contributed by atoms with Crippen LogP contribution in [0.4, 0.5) is 5.69 Å². The lowest BCUT2D eigenvalue weighted by atomic mass is 10.0. The highest BCUT2D eigenvalue weighted by Gasteiger charge is 2.33. The van der Waals surface area contributed by atoms with Crippen molar-refractivity contribution in [2.24, 2.45) is 0 Å². The first-order valence-corrected chi connectivity index (χ1v) is 10.8. The van der Waals surface area contributed by atoms with E-state index in [1.54, 1.807) is 0 Å². The molecule has 0 N–H and O–H groups in total. The van der Waals surface area contributed by atoms with Crippen molar-refractivity contribution in [2.75, 3.05) is 26.2 Å². The number of nitrogens with zero attached hydrogens (tertiary/aromatic N) is 3. The Labute approximate surface area is 165 Å².